The highest BCUT2D eigenvalue weighted by Gasteiger charge is 2.36. The van der Waals surface area contributed by atoms with Gasteiger partial charge in [0, 0.05) is 11.8 Å². The first-order valence-electron chi connectivity index (χ1n) is 5.96. The van der Waals surface area contributed by atoms with Crippen LogP contribution in [-0.4, -0.2) is 26.6 Å². The molecular weight excluding hydrogens is 359 g/mol. The van der Waals surface area contributed by atoms with E-state index in [2.05, 4.69) is 15.5 Å². The summed E-state index contributed by atoms with van der Waals surface area (Å²) in [5, 5.41) is 8.61. The molecule has 11 heteroatoms. The minimum absolute atomic E-state index is 0.0521. The summed E-state index contributed by atoms with van der Waals surface area (Å²) in [4.78, 5) is 11.7. The van der Waals surface area contributed by atoms with Gasteiger partial charge in [0.2, 0.25) is 0 Å². The van der Waals surface area contributed by atoms with E-state index in [9.17, 15) is 22.2 Å². The van der Waals surface area contributed by atoms with Crippen molar-refractivity contribution in [1.82, 2.24) is 10.2 Å². The predicted molar refractivity (Wildman–Crippen MR) is 75.8 cm³/mol. The molecule has 2 rings (SSSR count). The van der Waals surface area contributed by atoms with Crippen LogP contribution in [0.15, 0.2) is 21.4 Å². The molecule has 1 heterocycles. The molecule has 1 aromatic carbocycles. The molecule has 0 aliphatic rings. The van der Waals surface area contributed by atoms with E-state index in [1.165, 1.54) is 6.92 Å². The number of alkyl halides is 3. The van der Waals surface area contributed by atoms with Gasteiger partial charge in [-0.1, -0.05) is 10.2 Å². The maximum absolute atomic E-state index is 13.0. The molecular formula is C12H9ClF3N3O3S. The fourth-order valence-electron chi connectivity index (χ4n) is 1.95. The number of rotatable bonds is 3. The van der Waals surface area contributed by atoms with Crippen LogP contribution in [-0.2, 0) is 17.0 Å². The highest BCUT2D eigenvalue weighted by Crippen LogP contribution is 2.36. The number of hydrogen-bond donors (Lipinski definition) is 1. The van der Waals surface area contributed by atoms with Gasteiger partial charge in [-0.3, -0.25) is 14.3 Å². The number of anilines is 1. The first-order valence-corrected chi connectivity index (χ1v) is 7.89. The predicted octanol–water partition coefficient (Wildman–Crippen LogP) is 3.04. The minimum Gasteiger partial charge on any atom is -0.394 e. The number of carbonyl (C=O) groups is 1. The molecule has 0 fully saturated rings. The highest BCUT2D eigenvalue weighted by molar-refractivity contribution is 7.84. The molecule has 0 spiro atoms. The summed E-state index contributed by atoms with van der Waals surface area (Å²) in [7, 11) is -1.94. The topological polar surface area (TPSA) is 85.1 Å². The van der Waals surface area contributed by atoms with Crippen LogP contribution < -0.4 is 5.32 Å². The van der Waals surface area contributed by atoms with E-state index >= 15 is 0 Å². The lowest BCUT2D eigenvalue weighted by molar-refractivity contribution is -0.139. The number of nitrogens with zero attached hydrogens (tertiary/aromatic N) is 2. The van der Waals surface area contributed by atoms with Gasteiger partial charge in [-0.05, 0) is 36.2 Å². The molecule has 1 N–H and O–H groups in total. The van der Waals surface area contributed by atoms with Gasteiger partial charge in [-0.15, -0.1) is 0 Å². The Balaban J connectivity index is 2.46. The van der Waals surface area contributed by atoms with Crippen LogP contribution in [0.1, 0.15) is 21.5 Å². The fourth-order valence-corrected chi connectivity index (χ4v) is 3.10. The second kappa shape index (κ2) is 6.28. The van der Waals surface area contributed by atoms with E-state index in [1.54, 1.807) is 0 Å². The summed E-state index contributed by atoms with van der Waals surface area (Å²) in [5.41, 5.74) is -1.20. The molecule has 0 bridgehead atoms. The van der Waals surface area contributed by atoms with Crippen molar-refractivity contribution >= 4 is 34.3 Å². The number of halogens is 4. The van der Waals surface area contributed by atoms with E-state index in [0.29, 0.717) is 6.07 Å². The van der Waals surface area contributed by atoms with Crippen LogP contribution in [0.3, 0.4) is 0 Å². The number of amides is 1. The average Bonchev–Trinajstić information content (AvgIpc) is 2.81. The Labute approximate surface area is 135 Å². The van der Waals surface area contributed by atoms with Crippen molar-refractivity contribution in [2.75, 3.05) is 11.6 Å². The van der Waals surface area contributed by atoms with Gasteiger partial charge in [0.15, 0.2) is 0 Å². The first kappa shape index (κ1) is 17.4. The van der Waals surface area contributed by atoms with Crippen LogP contribution in [0.2, 0.25) is 5.35 Å². The van der Waals surface area contributed by atoms with Gasteiger partial charge in [-0.2, -0.15) is 13.2 Å². The van der Waals surface area contributed by atoms with Crippen molar-refractivity contribution in [2.45, 2.75) is 18.0 Å². The van der Waals surface area contributed by atoms with Gasteiger partial charge in [0.1, 0.15) is 0 Å². The Morgan fingerprint density at radius 1 is 1.35 bits per heavy atom. The van der Waals surface area contributed by atoms with E-state index < -0.39 is 33.3 Å². The molecule has 0 aliphatic heterocycles. The molecule has 124 valence electrons. The quantitative estimate of drug-likeness (QED) is 0.901. The van der Waals surface area contributed by atoms with Crippen molar-refractivity contribution in [2.24, 2.45) is 0 Å². The third kappa shape index (κ3) is 3.70. The largest absolute Gasteiger partial charge is 0.417 e. The smallest absolute Gasteiger partial charge is 0.394 e. The van der Waals surface area contributed by atoms with Crippen molar-refractivity contribution in [3.8, 4) is 0 Å². The Morgan fingerprint density at radius 3 is 2.48 bits per heavy atom. The lowest BCUT2D eigenvalue weighted by Crippen LogP contribution is -2.18. The lowest BCUT2D eigenvalue weighted by Gasteiger charge is -2.16. The molecule has 1 unspecified atom stereocenters. The Hall–Kier alpha value is -1.94. The molecule has 0 radical (unpaired) electrons. The van der Waals surface area contributed by atoms with Gasteiger partial charge >= 0.3 is 17.5 Å². The van der Waals surface area contributed by atoms with E-state index in [1.807, 2.05) is 0 Å². The molecule has 1 atom stereocenters. The Kier molecular flexibility index (Phi) is 4.76. The number of benzene rings is 1. The molecule has 0 aliphatic carbocycles. The second-order valence-electron chi connectivity index (χ2n) is 4.38. The van der Waals surface area contributed by atoms with Crippen molar-refractivity contribution in [1.29, 1.82) is 0 Å². The molecule has 23 heavy (non-hydrogen) atoms. The zero-order valence-corrected chi connectivity index (χ0v) is 13.3. The molecule has 1 amide bonds. The third-order valence-corrected chi connectivity index (χ3v) is 4.12. The summed E-state index contributed by atoms with van der Waals surface area (Å²) in [6.45, 7) is 1.28. The normalized spacial score (nSPS) is 13.0. The van der Waals surface area contributed by atoms with Crippen LogP contribution in [0, 0.1) is 6.92 Å². The molecule has 6 nitrogen and oxygen atoms in total. The molecule has 1 aromatic heterocycles. The number of hydrogen-bond acceptors (Lipinski definition) is 5. The van der Waals surface area contributed by atoms with Crippen molar-refractivity contribution in [3.63, 3.8) is 0 Å². The monoisotopic (exact) mass is 367 g/mol. The summed E-state index contributed by atoms with van der Waals surface area (Å²) in [5.74, 6) is -0.789. The maximum Gasteiger partial charge on any atom is 0.417 e. The SMILES string of the molecule is Cc1c(C(=O)Nc2nnc(Cl)o2)ccc(C(F)(F)F)c1S(C)=O. The van der Waals surface area contributed by atoms with Gasteiger partial charge in [0.25, 0.3) is 5.91 Å². The lowest BCUT2D eigenvalue weighted by atomic mass is 10.0. The Morgan fingerprint density at radius 2 is 2.00 bits per heavy atom. The summed E-state index contributed by atoms with van der Waals surface area (Å²) >= 11 is 5.40. The van der Waals surface area contributed by atoms with Gasteiger partial charge in [-0.25, -0.2) is 0 Å². The number of carbonyl (C=O) groups excluding carboxylic acids is 1. The average molecular weight is 368 g/mol. The molecule has 0 saturated heterocycles. The molecule has 0 saturated carbocycles. The van der Waals surface area contributed by atoms with E-state index in [4.69, 9.17) is 16.0 Å². The second-order valence-corrected chi connectivity index (χ2v) is 6.02. The van der Waals surface area contributed by atoms with Gasteiger partial charge < -0.3 is 4.42 Å². The summed E-state index contributed by atoms with van der Waals surface area (Å²) in [6.07, 6.45) is -3.57. The number of aromatic nitrogens is 2. The summed E-state index contributed by atoms with van der Waals surface area (Å²) < 4.78 is 55.4. The van der Waals surface area contributed by atoms with Crippen molar-refractivity contribution in [3.05, 3.63) is 34.2 Å². The third-order valence-electron chi connectivity index (χ3n) is 2.86. The van der Waals surface area contributed by atoms with Crippen molar-refractivity contribution < 1.29 is 26.6 Å². The maximum atomic E-state index is 13.0. The first-order chi connectivity index (χ1) is 10.6. The van der Waals surface area contributed by atoms with Crippen LogP contribution in [0.4, 0.5) is 19.2 Å². The minimum atomic E-state index is -4.68. The summed E-state index contributed by atoms with van der Waals surface area (Å²) in [6, 6.07) is 1.39. The number of nitrogens with one attached hydrogen (secondary N) is 1. The zero-order chi connectivity index (χ0) is 17.4. The Bertz CT molecular complexity index is 792. The highest BCUT2D eigenvalue weighted by atomic mass is 35.5. The van der Waals surface area contributed by atoms with Crippen LogP contribution >= 0.6 is 11.6 Å². The van der Waals surface area contributed by atoms with Crippen LogP contribution in [0.25, 0.3) is 0 Å². The zero-order valence-electron chi connectivity index (χ0n) is 11.7. The van der Waals surface area contributed by atoms with E-state index in [0.717, 1.165) is 12.3 Å². The van der Waals surface area contributed by atoms with Crippen LogP contribution in [0.5, 0.6) is 0 Å². The molecule has 2 aromatic rings. The van der Waals surface area contributed by atoms with E-state index in [-0.39, 0.29) is 22.5 Å². The fraction of sp³-hybridized carbons (Fsp3) is 0.250. The standard InChI is InChI=1S/C12H9ClF3N3O3S/c1-5-6(9(20)17-11-19-18-10(13)22-11)3-4-7(12(14,15)16)8(5)23(2)21/h3-4H,1-2H3,(H,17,19,20). The van der Waals surface area contributed by atoms with Gasteiger partial charge in [0.05, 0.1) is 21.3 Å².